The maximum Gasteiger partial charge on any atom is 0.291 e. The Kier molecular flexibility index (Phi) is 5.48. The van der Waals surface area contributed by atoms with Crippen molar-refractivity contribution in [1.29, 1.82) is 0 Å². The van der Waals surface area contributed by atoms with Gasteiger partial charge in [-0.15, -0.1) is 0 Å². The molecule has 0 bridgehead atoms. The summed E-state index contributed by atoms with van der Waals surface area (Å²) in [6.07, 6.45) is 2.38. The van der Waals surface area contributed by atoms with Gasteiger partial charge in [0, 0.05) is 17.4 Å². The lowest BCUT2D eigenvalue weighted by Gasteiger charge is -2.10. The summed E-state index contributed by atoms with van der Waals surface area (Å²) in [5, 5.41) is 5.98. The van der Waals surface area contributed by atoms with E-state index in [0.29, 0.717) is 29.8 Å². The number of rotatable bonds is 7. The van der Waals surface area contributed by atoms with Crippen LogP contribution in [0.1, 0.15) is 29.7 Å². The number of nitrogens with one attached hydrogen (secondary N) is 2. The first kappa shape index (κ1) is 17.5. The quantitative estimate of drug-likeness (QED) is 0.663. The lowest BCUT2D eigenvalue weighted by atomic mass is 10.2. The zero-order chi connectivity index (χ0) is 18.4. The maximum atomic E-state index is 12.0. The molecule has 0 atom stereocenters. The van der Waals surface area contributed by atoms with Gasteiger partial charge in [-0.3, -0.25) is 4.79 Å². The number of aryl methyl sites for hydroxylation is 1. The highest BCUT2D eigenvalue weighted by molar-refractivity contribution is 6.02. The predicted octanol–water partition coefficient (Wildman–Crippen LogP) is 4.16. The second-order valence-electron chi connectivity index (χ2n) is 5.62. The van der Waals surface area contributed by atoms with Gasteiger partial charge in [-0.1, -0.05) is 6.92 Å². The first-order valence-corrected chi connectivity index (χ1v) is 8.34. The summed E-state index contributed by atoms with van der Waals surface area (Å²) in [6.45, 7) is 4.47. The molecule has 0 aliphatic carbocycles. The van der Waals surface area contributed by atoms with Gasteiger partial charge >= 0.3 is 0 Å². The van der Waals surface area contributed by atoms with Crippen molar-refractivity contribution in [1.82, 2.24) is 9.97 Å². The van der Waals surface area contributed by atoms with Gasteiger partial charge in [0.2, 0.25) is 5.88 Å². The van der Waals surface area contributed by atoms with E-state index in [2.05, 4.69) is 20.6 Å². The van der Waals surface area contributed by atoms with E-state index in [0.717, 1.165) is 12.1 Å². The first-order valence-electron chi connectivity index (χ1n) is 8.34. The fourth-order valence-corrected chi connectivity index (χ4v) is 2.27. The van der Waals surface area contributed by atoms with E-state index in [-0.39, 0.29) is 11.7 Å². The average molecular weight is 352 g/mol. The van der Waals surface area contributed by atoms with Crippen LogP contribution in [0.5, 0.6) is 5.88 Å². The van der Waals surface area contributed by atoms with Crippen molar-refractivity contribution in [2.45, 2.75) is 20.3 Å². The zero-order valence-corrected chi connectivity index (χ0v) is 14.7. The number of hydrogen-bond donors (Lipinski definition) is 2. The highest BCUT2D eigenvalue weighted by Gasteiger charge is 2.09. The number of furan rings is 1. The Hall–Kier alpha value is -3.35. The Bertz CT molecular complexity index is 861. The molecule has 0 aliphatic heterocycles. The average Bonchev–Trinajstić information content (AvgIpc) is 3.16. The van der Waals surface area contributed by atoms with Crippen molar-refractivity contribution in [3.63, 3.8) is 0 Å². The molecule has 7 heteroatoms. The highest BCUT2D eigenvalue weighted by atomic mass is 16.5. The van der Waals surface area contributed by atoms with Crippen LogP contribution >= 0.6 is 0 Å². The van der Waals surface area contributed by atoms with E-state index >= 15 is 0 Å². The Morgan fingerprint density at radius 1 is 1.15 bits per heavy atom. The number of carbonyl (C=O) groups is 1. The highest BCUT2D eigenvalue weighted by Crippen LogP contribution is 2.21. The Morgan fingerprint density at radius 3 is 2.62 bits per heavy atom. The molecule has 2 N–H and O–H groups in total. The summed E-state index contributed by atoms with van der Waals surface area (Å²) >= 11 is 0. The van der Waals surface area contributed by atoms with Gasteiger partial charge in [0.25, 0.3) is 5.91 Å². The fourth-order valence-electron chi connectivity index (χ4n) is 2.27. The predicted molar refractivity (Wildman–Crippen MR) is 98.9 cm³/mol. The van der Waals surface area contributed by atoms with Crippen LogP contribution in [0.2, 0.25) is 0 Å². The van der Waals surface area contributed by atoms with Crippen LogP contribution in [0.25, 0.3) is 0 Å². The molecule has 0 unspecified atom stereocenters. The minimum Gasteiger partial charge on any atom is -0.478 e. The Balaban J connectivity index is 1.65. The van der Waals surface area contributed by atoms with Crippen LogP contribution in [0.15, 0.2) is 53.1 Å². The second kappa shape index (κ2) is 8.15. The summed E-state index contributed by atoms with van der Waals surface area (Å²) in [6, 6.07) is 12.3. The van der Waals surface area contributed by atoms with Gasteiger partial charge < -0.3 is 19.8 Å². The van der Waals surface area contributed by atoms with Gasteiger partial charge in [-0.25, -0.2) is 4.98 Å². The van der Waals surface area contributed by atoms with Crippen LogP contribution in [0, 0.1) is 6.92 Å². The first-order chi connectivity index (χ1) is 12.6. The van der Waals surface area contributed by atoms with E-state index in [9.17, 15) is 4.79 Å². The van der Waals surface area contributed by atoms with Crippen molar-refractivity contribution < 1.29 is 13.9 Å². The van der Waals surface area contributed by atoms with Gasteiger partial charge in [0.15, 0.2) is 5.76 Å². The van der Waals surface area contributed by atoms with Crippen molar-refractivity contribution in [2.75, 3.05) is 17.2 Å². The van der Waals surface area contributed by atoms with Crippen LogP contribution < -0.4 is 15.4 Å². The normalized spacial score (nSPS) is 10.4. The van der Waals surface area contributed by atoms with Crippen LogP contribution in [0.4, 0.5) is 17.2 Å². The molecule has 3 rings (SSSR count). The number of amides is 1. The molecular weight excluding hydrogens is 332 g/mol. The van der Waals surface area contributed by atoms with Crippen molar-refractivity contribution in [2.24, 2.45) is 0 Å². The summed E-state index contributed by atoms with van der Waals surface area (Å²) in [7, 11) is 0. The van der Waals surface area contributed by atoms with Gasteiger partial charge in [-0.2, -0.15) is 4.98 Å². The third-order valence-corrected chi connectivity index (χ3v) is 3.43. The van der Waals surface area contributed by atoms with Crippen LogP contribution in [0.3, 0.4) is 0 Å². The smallest absolute Gasteiger partial charge is 0.291 e. The van der Waals surface area contributed by atoms with E-state index < -0.39 is 0 Å². The van der Waals surface area contributed by atoms with E-state index in [1.807, 2.05) is 26.0 Å². The molecule has 2 aromatic heterocycles. The molecule has 7 nitrogen and oxygen atoms in total. The lowest BCUT2D eigenvalue weighted by molar-refractivity contribution is 0.0996. The maximum absolute atomic E-state index is 12.0. The number of carbonyl (C=O) groups excluding carboxylic acids is 1. The third kappa shape index (κ3) is 4.60. The molecule has 0 radical (unpaired) electrons. The second-order valence-corrected chi connectivity index (χ2v) is 5.62. The molecule has 0 spiro atoms. The molecule has 134 valence electrons. The summed E-state index contributed by atoms with van der Waals surface area (Å²) in [4.78, 5) is 20.6. The molecule has 1 aromatic carbocycles. The Morgan fingerprint density at radius 2 is 1.92 bits per heavy atom. The van der Waals surface area contributed by atoms with Gasteiger partial charge in [0.05, 0.1) is 12.9 Å². The number of benzene rings is 1. The van der Waals surface area contributed by atoms with Gasteiger partial charge in [-0.05, 0) is 49.7 Å². The molecule has 0 saturated heterocycles. The molecular formula is C19H20N4O3. The topological polar surface area (TPSA) is 89.3 Å². The standard InChI is InChI=1S/C19H20N4O3/c1-3-10-26-18-12-17(20-13(2)21-18)22-14-6-8-15(9-7-14)23-19(24)16-5-4-11-25-16/h4-9,11-12H,3,10H2,1-2H3,(H,23,24)(H,20,21,22). The van der Waals surface area contributed by atoms with Crippen LogP contribution in [-0.4, -0.2) is 22.5 Å². The molecule has 3 aromatic rings. The van der Waals surface area contributed by atoms with E-state index in [1.54, 1.807) is 30.3 Å². The third-order valence-electron chi connectivity index (χ3n) is 3.43. The lowest BCUT2D eigenvalue weighted by Crippen LogP contribution is -2.10. The number of ether oxygens (including phenoxy) is 1. The van der Waals surface area contributed by atoms with Crippen LogP contribution in [-0.2, 0) is 0 Å². The zero-order valence-electron chi connectivity index (χ0n) is 14.7. The minimum atomic E-state index is -0.292. The Labute approximate surface area is 151 Å². The summed E-state index contributed by atoms with van der Waals surface area (Å²) in [5.41, 5.74) is 1.50. The summed E-state index contributed by atoms with van der Waals surface area (Å²) < 4.78 is 10.6. The van der Waals surface area contributed by atoms with Crippen molar-refractivity contribution in [3.8, 4) is 5.88 Å². The SMILES string of the molecule is CCCOc1cc(Nc2ccc(NC(=O)c3ccco3)cc2)nc(C)n1. The van der Waals surface area contributed by atoms with Crippen molar-refractivity contribution in [3.05, 3.63) is 60.3 Å². The molecule has 0 fully saturated rings. The summed E-state index contributed by atoms with van der Waals surface area (Å²) in [5.74, 6) is 1.80. The number of hydrogen-bond acceptors (Lipinski definition) is 6. The van der Waals surface area contributed by atoms with Gasteiger partial charge in [0.1, 0.15) is 11.6 Å². The number of nitrogens with zero attached hydrogens (tertiary/aromatic N) is 2. The molecule has 0 saturated carbocycles. The number of anilines is 3. The van der Waals surface area contributed by atoms with E-state index in [4.69, 9.17) is 9.15 Å². The van der Waals surface area contributed by atoms with Crippen molar-refractivity contribution >= 4 is 23.1 Å². The largest absolute Gasteiger partial charge is 0.478 e. The minimum absolute atomic E-state index is 0.267. The number of aromatic nitrogens is 2. The molecule has 2 heterocycles. The monoisotopic (exact) mass is 352 g/mol. The fraction of sp³-hybridized carbons (Fsp3) is 0.211. The molecule has 0 aliphatic rings. The molecule has 1 amide bonds. The van der Waals surface area contributed by atoms with E-state index in [1.165, 1.54) is 6.26 Å². The molecule has 26 heavy (non-hydrogen) atoms.